The van der Waals surface area contributed by atoms with E-state index in [1.165, 1.54) is 12.7 Å². The van der Waals surface area contributed by atoms with Gasteiger partial charge in [0.15, 0.2) is 0 Å². The molecule has 9 heteroatoms. The number of nitrogens with one attached hydrogen (secondary N) is 2. The zero-order chi connectivity index (χ0) is 22.5. The third kappa shape index (κ3) is 5.38. The molecular weight excluding hydrogens is 430 g/mol. The molecule has 2 N–H and O–H groups in total. The van der Waals surface area contributed by atoms with Crippen LogP contribution in [0, 0.1) is 0 Å². The average Bonchev–Trinajstić information content (AvgIpc) is 2.80. The van der Waals surface area contributed by atoms with Gasteiger partial charge in [0.05, 0.1) is 19.2 Å². The summed E-state index contributed by atoms with van der Waals surface area (Å²) < 4.78 is 5.28. The molecule has 0 radical (unpaired) electrons. The van der Waals surface area contributed by atoms with E-state index < -0.39 is 6.04 Å². The Bertz CT molecular complexity index is 1010. The van der Waals surface area contributed by atoms with Gasteiger partial charge in [0.1, 0.15) is 11.8 Å². The standard InChI is InChI=1S/C23H26ClN5O3/c1-32-20-8-7-17(24)13-18(20)25-22(31)19-14-21(30)27-23(26-19)29-11-9-28(10-12-29)15-16-5-3-2-4-6-16/h2-8,13,19H,9-12,14-15H2,1H3,(H,25,31)(H,26,27,30). The predicted octanol–water partition coefficient (Wildman–Crippen LogP) is 2.35. The Labute approximate surface area is 192 Å². The monoisotopic (exact) mass is 455 g/mol. The maximum Gasteiger partial charge on any atom is 0.249 e. The number of piperazine rings is 1. The number of anilines is 1. The molecule has 1 unspecified atom stereocenters. The number of aliphatic imine (C=N–C) groups is 1. The van der Waals surface area contributed by atoms with E-state index in [0.29, 0.717) is 22.4 Å². The van der Waals surface area contributed by atoms with Crippen molar-refractivity contribution in [3.05, 3.63) is 59.1 Å². The van der Waals surface area contributed by atoms with Gasteiger partial charge in [-0.2, -0.15) is 0 Å². The normalized spacial score (nSPS) is 19.2. The fourth-order valence-electron chi connectivity index (χ4n) is 3.84. The van der Waals surface area contributed by atoms with Crippen LogP contribution in [0.1, 0.15) is 12.0 Å². The first-order valence-corrected chi connectivity index (χ1v) is 10.9. The molecular formula is C23H26ClN5O3. The fraction of sp³-hybridized carbons (Fsp3) is 0.348. The van der Waals surface area contributed by atoms with Crippen molar-refractivity contribution in [2.24, 2.45) is 4.99 Å². The van der Waals surface area contributed by atoms with Crippen LogP contribution in [0.4, 0.5) is 5.69 Å². The van der Waals surface area contributed by atoms with Gasteiger partial charge < -0.3 is 15.0 Å². The Kier molecular flexibility index (Phi) is 6.92. The van der Waals surface area contributed by atoms with E-state index in [2.05, 4.69) is 32.7 Å². The summed E-state index contributed by atoms with van der Waals surface area (Å²) >= 11 is 6.04. The maximum atomic E-state index is 12.9. The SMILES string of the molecule is COc1ccc(Cl)cc1NC(=O)C1CC(=O)NC(N2CCN(Cc3ccccc3)CC2)=N1. The number of nitrogens with zero attached hydrogens (tertiary/aromatic N) is 3. The maximum absolute atomic E-state index is 12.9. The minimum absolute atomic E-state index is 0.00775. The molecule has 4 rings (SSSR count). The summed E-state index contributed by atoms with van der Waals surface area (Å²) in [6.07, 6.45) is -0.00775. The van der Waals surface area contributed by atoms with Crippen LogP contribution in [-0.2, 0) is 16.1 Å². The summed E-state index contributed by atoms with van der Waals surface area (Å²) in [4.78, 5) is 34.1. The van der Waals surface area contributed by atoms with E-state index in [-0.39, 0.29) is 18.2 Å². The summed E-state index contributed by atoms with van der Waals surface area (Å²) in [5.74, 6) is 0.348. The van der Waals surface area contributed by atoms with Crippen molar-refractivity contribution in [2.75, 3.05) is 38.6 Å². The van der Waals surface area contributed by atoms with Gasteiger partial charge in [-0.25, -0.2) is 4.99 Å². The topological polar surface area (TPSA) is 86.3 Å². The summed E-state index contributed by atoms with van der Waals surface area (Å²) in [5, 5.41) is 6.08. The number of carbonyl (C=O) groups excluding carboxylic acids is 2. The first-order valence-electron chi connectivity index (χ1n) is 10.5. The molecule has 2 heterocycles. The molecule has 2 aliphatic heterocycles. The van der Waals surface area contributed by atoms with Crippen LogP contribution < -0.4 is 15.4 Å². The molecule has 2 aromatic rings. The summed E-state index contributed by atoms with van der Waals surface area (Å²) in [5.41, 5.74) is 1.72. The zero-order valence-corrected chi connectivity index (χ0v) is 18.6. The quantitative estimate of drug-likeness (QED) is 0.722. The first kappa shape index (κ1) is 22.1. The van der Waals surface area contributed by atoms with Gasteiger partial charge in [-0.1, -0.05) is 41.9 Å². The lowest BCUT2D eigenvalue weighted by Crippen LogP contribution is -2.56. The van der Waals surface area contributed by atoms with Gasteiger partial charge in [-0.3, -0.25) is 19.8 Å². The highest BCUT2D eigenvalue weighted by molar-refractivity contribution is 6.31. The lowest BCUT2D eigenvalue weighted by Gasteiger charge is -2.37. The van der Waals surface area contributed by atoms with E-state index in [1.807, 2.05) is 23.1 Å². The minimum atomic E-state index is -0.815. The molecule has 0 saturated carbocycles. The van der Waals surface area contributed by atoms with Crippen molar-refractivity contribution in [1.82, 2.24) is 15.1 Å². The van der Waals surface area contributed by atoms with E-state index >= 15 is 0 Å². The lowest BCUT2D eigenvalue weighted by atomic mass is 10.1. The van der Waals surface area contributed by atoms with Gasteiger partial charge in [-0.15, -0.1) is 0 Å². The molecule has 32 heavy (non-hydrogen) atoms. The Hall–Kier alpha value is -3.10. The highest BCUT2D eigenvalue weighted by Gasteiger charge is 2.31. The molecule has 0 aliphatic carbocycles. The molecule has 2 amide bonds. The number of halogens is 1. The number of rotatable bonds is 5. The molecule has 2 aliphatic rings. The number of hydrogen-bond acceptors (Lipinski definition) is 6. The fourth-order valence-corrected chi connectivity index (χ4v) is 4.01. The second-order valence-electron chi connectivity index (χ2n) is 7.80. The van der Waals surface area contributed by atoms with Gasteiger partial charge in [0.25, 0.3) is 0 Å². The smallest absolute Gasteiger partial charge is 0.249 e. The second kappa shape index (κ2) is 10.0. The van der Waals surface area contributed by atoms with E-state index in [0.717, 1.165) is 32.7 Å². The van der Waals surface area contributed by atoms with Crippen LogP contribution in [-0.4, -0.2) is 66.9 Å². The van der Waals surface area contributed by atoms with E-state index in [1.54, 1.807) is 18.2 Å². The van der Waals surface area contributed by atoms with Crippen LogP contribution in [0.5, 0.6) is 5.75 Å². The Morgan fingerprint density at radius 1 is 1.19 bits per heavy atom. The van der Waals surface area contributed by atoms with Gasteiger partial charge >= 0.3 is 0 Å². The van der Waals surface area contributed by atoms with Crippen molar-refractivity contribution in [3.63, 3.8) is 0 Å². The third-order valence-electron chi connectivity index (χ3n) is 5.55. The molecule has 0 aromatic heterocycles. The van der Waals surface area contributed by atoms with Crippen LogP contribution in [0.15, 0.2) is 53.5 Å². The summed E-state index contributed by atoms with van der Waals surface area (Å²) in [7, 11) is 1.51. The number of guanidine groups is 1. The Balaban J connectivity index is 1.39. The lowest BCUT2D eigenvalue weighted by molar-refractivity contribution is -0.125. The van der Waals surface area contributed by atoms with E-state index in [9.17, 15) is 9.59 Å². The van der Waals surface area contributed by atoms with Gasteiger partial charge in [0.2, 0.25) is 17.8 Å². The number of amides is 2. The van der Waals surface area contributed by atoms with Crippen molar-refractivity contribution < 1.29 is 14.3 Å². The molecule has 0 spiro atoms. The molecule has 0 bridgehead atoms. The molecule has 8 nitrogen and oxygen atoms in total. The van der Waals surface area contributed by atoms with E-state index in [4.69, 9.17) is 16.3 Å². The van der Waals surface area contributed by atoms with Crippen molar-refractivity contribution in [2.45, 2.75) is 19.0 Å². The average molecular weight is 456 g/mol. The predicted molar refractivity (Wildman–Crippen MR) is 124 cm³/mol. The highest BCUT2D eigenvalue weighted by atomic mass is 35.5. The Morgan fingerprint density at radius 3 is 2.66 bits per heavy atom. The summed E-state index contributed by atoms with van der Waals surface area (Å²) in [6.45, 7) is 4.03. The molecule has 1 saturated heterocycles. The van der Waals surface area contributed by atoms with Crippen molar-refractivity contribution >= 4 is 35.1 Å². The number of benzene rings is 2. The highest BCUT2D eigenvalue weighted by Crippen LogP contribution is 2.28. The van der Waals surface area contributed by atoms with Gasteiger partial charge in [0, 0.05) is 37.7 Å². The molecule has 1 fully saturated rings. The number of hydrogen-bond donors (Lipinski definition) is 2. The van der Waals surface area contributed by atoms with Crippen molar-refractivity contribution in [3.8, 4) is 5.75 Å². The summed E-state index contributed by atoms with van der Waals surface area (Å²) in [6, 6.07) is 14.5. The molecule has 1 atom stereocenters. The molecule has 168 valence electrons. The molecule has 2 aromatic carbocycles. The third-order valence-corrected chi connectivity index (χ3v) is 5.79. The van der Waals surface area contributed by atoms with Crippen LogP contribution >= 0.6 is 11.6 Å². The number of carbonyl (C=O) groups is 2. The minimum Gasteiger partial charge on any atom is -0.495 e. The first-order chi connectivity index (χ1) is 15.5. The van der Waals surface area contributed by atoms with Crippen LogP contribution in [0.25, 0.3) is 0 Å². The zero-order valence-electron chi connectivity index (χ0n) is 17.9. The van der Waals surface area contributed by atoms with Crippen LogP contribution in [0.2, 0.25) is 5.02 Å². The van der Waals surface area contributed by atoms with Gasteiger partial charge in [-0.05, 0) is 23.8 Å². The Morgan fingerprint density at radius 2 is 1.94 bits per heavy atom. The second-order valence-corrected chi connectivity index (χ2v) is 8.24. The largest absolute Gasteiger partial charge is 0.495 e. The van der Waals surface area contributed by atoms with Crippen LogP contribution in [0.3, 0.4) is 0 Å². The van der Waals surface area contributed by atoms with Crippen molar-refractivity contribution in [1.29, 1.82) is 0 Å². The number of methoxy groups -OCH3 is 1. The number of ether oxygens (including phenoxy) is 1.